The average Bonchev–Trinajstić information content (AvgIpc) is 2.83. The zero-order valence-corrected chi connectivity index (χ0v) is 15.4. The van der Waals surface area contributed by atoms with E-state index in [1.807, 2.05) is 51.5 Å². The molecule has 0 aliphatic carbocycles. The van der Waals surface area contributed by atoms with Crippen LogP contribution in [0.2, 0.25) is 10.0 Å². The number of nitrogens with zero attached hydrogens (tertiary/aromatic N) is 3. The molecule has 1 aromatic carbocycles. The lowest BCUT2D eigenvalue weighted by Gasteiger charge is -2.11. The van der Waals surface area contributed by atoms with Gasteiger partial charge in [0.2, 0.25) is 0 Å². The molecule has 24 heavy (non-hydrogen) atoms. The summed E-state index contributed by atoms with van der Waals surface area (Å²) >= 11 is 12.1. The van der Waals surface area contributed by atoms with Gasteiger partial charge in [-0.05, 0) is 45.3 Å². The number of aryl methyl sites for hydroxylation is 1. The second-order valence-corrected chi connectivity index (χ2v) is 6.82. The van der Waals surface area contributed by atoms with Gasteiger partial charge in [-0.3, -0.25) is 4.40 Å². The highest BCUT2D eigenvalue weighted by Gasteiger charge is 2.13. The Hall–Kier alpha value is -1.75. The summed E-state index contributed by atoms with van der Waals surface area (Å²) < 4.78 is 8.05. The van der Waals surface area contributed by atoms with Crippen LogP contribution in [0, 0.1) is 6.92 Å². The highest BCUT2D eigenvalue weighted by atomic mass is 35.5. The summed E-state index contributed by atoms with van der Waals surface area (Å²) in [5.74, 6) is 0.733. The lowest BCUT2D eigenvalue weighted by atomic mass is 10.2. The Labute approximate surface area is 151 Å². The van der Waals surface area contributed by atoms with E-state index in [0.717, 1.165) is 34.9 Å². The zero-order chi connectivity index (χ0) is 17.3. The number of benzene rings is 1. The molecule has 2 aromatic heterocycles. The van der Waals surface area contributed by atoms with E-state index >= 15 is 0 Å². The molecule has 0 amide bonds. The monoisotopic (exact) mass is 363 g/mol. The van der Waals surface area contributed by atoms with Gasteiger partial charge < -0.3 is 9.64 Å². The van der Waals surface area contributed by atoms with Crippen LogP contribution in [0.4, 0.5) is 0 Å². The van der Waals surface area contributed by atoms with E-state index in [4.69, 9.17) is 27.9 Å². The molecule has 0 saturated carbocycles. The molecule has 126 valence electrons. The second kappa shape index (κ2) is 7.01. The highest BCUT2D eigenvalue weighted by Crippen LogP contribution is 2.26. The van der Waals surface area contributed by atoms with Crippen molar-refractivity contribution in [2.24, 2.45) is 0 Å². The molecule has 0 radical (unpaired) electrons. The van der Waals surface area contributed by atoms with E-state index in [-0.39, 0.29) is 0 Å². The van der Waals surface area contributed by atoms with E-state index in [1.54, 1.807) is 6.07 Å². The van der Waals surface area contributed by atoms with Crippen LogP contribution in [0.15, 0.2) is 36.5 Å². The number of imidazole rings is 1. The van der Waals surface area contributed by atoms with Gasteiger partial charge in [0, 0.05) is 28.4 Å². The molecule has 4 nitrogen and oxygen atoms in total. The Kier molecular flexibility index (Phi) is 4.99. The fraction of sp³-hybridized carbons (Fsp3) is 0.278. The first-order chi connectivity index (χ1) is 11.5. The molecule has 0 N–H and O–H groups in total. The van der Waals surface area contributed by atoms with Gasteiger partial charge in [-0.1, -0.05) is 29.3 Å². The topological polar surface area (TPSA) is 29.8 Å². The van der Waals surface area contributed by atoms with Crippen LogP contribution >= 0.6 is 23.2 Å². The van der Waals surface area contributed by atoms with Crippen LogP contribution in [0.25, 0.3) is 5.65 Å². The van der Waals surface area contributed by atoms with E-state index < -0.39 is 0 Å². The number of rotatable bonds is 5. The molecule has 0 atom stereocenters. The maximum absolute atomic E-state index is 6.21. The molecule has 0 aliphatic rings. The fourth-order valence-corrected chi connectivity index (χ4v) is 3.06. The normalized spacial score (nSPS) is 11.4. The Morgan fingerprint density at radius 3 is 2.71 bits per heavy atom. The number of aromatic nitrogens is 2. The van der Waals surface area contributed by atoms with Gasteiger partial charge in [-0.2, -0.15) is 0 Å². The van der Waals surface area contributed by atoms with E-state index in [2.05, 4.69) is 14.3 Å². The van der Waals surface area contributed by atoms with Gasteiger partial charge in [0.1, 0.15) is 6.61 Å². The maximum atomic E-state index is 6.21. The van der Waals surface area contributed by atoms with Crippen molar-refractivity contribution in [3.63, 3.8) is 0 Å². The molecule has 3 rings (SSSR count). The predicted octanol–water partition coefficient (Wildman–Crippen LogP) is 4.59. The zero-order valence-electron chi connectivity index (χ0n) is 13.9. The number of hydrogen-bond donors (Lipinski definition) is 0. The third-order valence-electron chi connectivity index (χ3n) is 3.78. The Morgan fingerprint density at radius 1 is 1.21 bits per heavy atom. The molecule has 0 spiro atoms. The SMILES string of the molecule is Cc1nc2c(OCc3ccc(Cl)cc3Cl)cccn2c1CN(C)C. The van der Waals surface area contributed by atoms with Gasteiger partial charge >= 0.3 is 0 Å². The minimum Gasteiger partial charge on any atom is -0.485 e. The Balaban J connectivity index is 1.90. The Morgan fingerprint density at radius 2 is 2.00 bits per heavy atom. The third-order valence-corrected chi connectivity index (χ3v) is 4.36. The van der Waals surface area contributed by atoms with E-state index in [9.17, 15) is 0 Å². The van der Waals surface area contributed by atoms with Crippen molar-refractivity contribution in [3.8, 4) is 5.75 Å². The number of halogens is 2. The van der Waals surface area contributed by atoms with Gasteiger partial charge in [-0.15, -0.1) is 0 Å². The summed E-state index contributed by atoms with van der Waals surface area (Å²) in [6.07, 6.45) is 2.01. The van der Waals surface area contributed by atoms with Crippen molar-refractivity contribution in [2.45, 2.75) is 20.1 Å². The van der Waals surface area contributed by atoms with Crippen LogP contribution in [0.3, 0.4) is 0 Å². The standard InChI is InChI=1S/C18H19Cl2N3O/c1-12-16(10-22(2)3)23-8-4-5-17(18(23)21-12)24-11-13-6-7-14(19)9-15(13)20/h4-9H,10-11H2,1-3H3. The second-order valence-electron chi connectivity index (χ2n) is 5.97. The molecule has 6 heteroatoms. The van der Waals surface area contributed by atoms with Crippen molar-refractivity contribution in [1.29, 1.82) is 0 Å². The largest absolute Gasteiger partial charge is 0.485 e. The number of fused-ring (bicyclic) bond motifs is 1. The molecular weight excluding hydrogens is 345 g/mol. The summed E-state index contributed by atoms with van der Waals surface area (Å²) in [6, 6.07) is 9.29. The van der Waals surface area contributed by atoms with Crippen LogP contribution in [-0.2, 0) is 13.2 Å². The smallest absolute Gasteiger partial charge is 0.180 e. The average molecular weight is 364 g/mol. The van der Waals surface area contributed by atoms with Gasteiger partial charge in [0.25, 0.3) is 0 Å². The number of hydrogen-bond acceptors (Lipinski definition) is 3. The van der Waals surface area contributed by atoms with E-state index in [1.165, 1.54) is 0 Å². The molecular formula is C18H19Cl2N3O. The van der Waals surface area contributed by atoms with Gasteiger partial charge in [0.15, 0.2) is 11.4 Å². The molecule has 0 saturated heterocycles. The minimum absolute atomic E-state index is 0.366. The van der Waals surface area contributed by atoms with Crippen molar-refractivity contribution < 1.29 is 4.74 Å². The molecule has 0 fully saturated rings. The van der Waals surface area contributed by atoms with E-state index in [0.29, 0.717) is 16.7 Å². The first-order valence-electron chi connectivity index (χ1n) is 7.63. The van der Waals surface area contributed by atoms with Crippen molar-refractivity contribution in [2.75, 3.05) is 14.1 Å². The molecule has 0 unspecified atom stereocenters. The summed E-state index contributed by atoms with van der Waals surface area (Å²) in [6.45, 7) is 3.20. The van der Waals surface area contributed by atoms with Crippen molar-refractivity contribution in [3.05, 3.63) is 63.5 Å². The molecule has 2 heterocycles. The molecule has 3 aromatic rings. The first kappa shape index (κ1) is 17.1. The van der Waals surface area contributed by atoms with Crippen LogP contribution < -0.4 is 4.74 Å². The maximum Gasteiger partial charge on any atom is 0.180 e. The summed E-state index contributed by atoms with van der Waals surface area (Å²) in [5, 5.41) is 1.21. The highest BCUT2D eigenvalue weighted by molar-refractivity contribution is 6.35. The number of pyridine rings is 1. The summed E-state index contributed by atoms with van der Waals surface area (Å²) in [4.78, 5) is 6.79. The van der Waals surface area contributed by atoms with Crippen molar-refractivity contribution >= 4 is 28.8 Å². The quantitative estimate of drug-likeness (QED) is 0.663. The fourth-order valence-electron chi connectivity index (χ4n) is 2.60. The third kappa shape index (κ3) is 3.51. The predicted molar refractivity (Wildman–Crippen MR) is 98.1 cm³/mol. The lowest BCUT2D eigenvalue weighted by molar-refractivity contribution is 0.308. The van der Waals surface area contributed by atoms with Crippen LogP contribution in [-0.4, -0.2) is 28.4 Å². The lowest BCUT2D eigenvalue weighted by Crippen LogP contribution is -2.13. The van der Waals surface area contributed by atoms with Gasteiger partial charge in [0.05, 0.1) is 11.4 Å². The first-order valence-corrected chi connectivity index (χ1v) is 8.39. The molecule has 0 bridgehead atoms. The van der Waals surface area contributed by atoms with Crippen molar-refractivity contribution in [1.82, 2.24) is 14.3 Å². The molecule has 0 aliphatic heterocycles. The summed E-state index contributed by atoms with van der Waals surface area (Å²) in [7, 11) is 4.09. The summed E-state index contributed by atoms with van der Waals surface area (Å²) in [5.41, 5.74) is 3.87. The van der Waals surface area contributed by atoms with Gasteiger partial charge in [-0.25, -0.2) is 4.98 Å². The number of ether oxygens (including phenoxy) is 1. The minimum atomic E-state index is 0.366. The van der Waals surface area contributed by atoms with Crippen LogP contribution in [0.1, 0.15) is 17.0 Å². The Bertz CT molecular complexity index is 874. The van der Waals surface area contributed by atoms with Crippen LogP contribution in [0.5, 0.6) is 5.75 Å².